The minimum atomic E-state index is -0.642. The number of thiophene rings is 1. The predicted molar refractivity (Wildman–Crippen MR) is 106 cm³/mol. The molecule has 8 heteroatoms. The second-order valence-electron chi connectivity index (χ2n) is 8.00. The van der Waals surface area contributed by atoms with Crippen LogP contribution in [0.4, 0.5) is 5.69 Å². The maximum atomic E-state index is 13.1. The highest BCUT2D eigenvalue weighted by molar-refractivity contribution is 7.12. The van der Waals surface area contributed by atoms with Crippen LogP contribution in [0.15, 0.2) is 28.6 Å². The number of Topliss-reactive ketones (excluding diaryl/α,β-unsaturated/α-hetero) is 1. The number of ketones is 1. The molecule has 3 rings (SSSR count). The largest absolute Gasteiger partial charge is 0.463 e. The summed E-state index contributed by atoms with van der Waals surface area (Å²) >= 11 is 1.25. The molecular weight excluding hydrogens is 380 g/mol. The van der Waals surface area contributed by atoms with Crippen LogP contribution < -0.4 is 5.32 Å². The van der Waals surface area contributed by atoms with Gasteiger partial charge in [-0.05, 0) is 32.6 Å². The van der Waals surface area contributed by atoms with Crippen LogP contribution in [0.3, 0.4) is 0 Å². The molecule has 7 nitrogen and oxygen atoms in total. The van der Waals surface area contributed by atoms with Crippen LogP contribution >= 0.6 is 11.3 Å². The van der Waals surface area contributed by atoms with E-state index < -0.39 is 16.8 Å². The Bertz CT molecular complexity index is 938. The number of esters is 1. The molecule has 150 valence electrons. The number of nitrogens with one attached hydrogen (secondary N) is 1. The molecule has 1 N–H and O–H groups in total. The van der Waals surface area contributed by atoms with E-state index in [2.05, 4.69) is 5.32 Å². The smallest absolute Gasteiger partial charge is 0.336 e. The van der Waals surface area contributed by atoms with Crippen LogP contribution in [0.1, 0.15) is 56.2 Å². The number of aryl methyl sites for hydroxylation is 1. The van der Waals surface area contributed by atoms with E-state index in [9.17, 15) is 19.7 Å². The van der Waals surface area contributed by atoms with Crippen molar-refractivity contribution in [3.8, 4) is 0 Å². The summed E-state index contributed by atoms with van der Waals surface area (Å²) < 4.78 is 5.24. The van der Waals surface area contributed by atoms with Gasteiger partial charge in [-0.3, -0.25) is 14.9 Å². The molecule has 0 spiro atoms. The standard InChI is InChI=1S/C20H24N2O5S/c1-6-27-19(24)16-10(2)21-12-8-20(4,5)9-14(23)17(12)18(16)15-7-13(22(25)26)11(3)28-15/h7,18,21H,6,8-9H2,1-5H3. The van der Waals surface area contributed by atoms with Crippen LogP contribution in [0.25, 0.3) is 0 Å². The molecule has 0 saturated heterocycles. The van der Waals surface area contributed by atoms with Crippen LogP contribution in [0, 0.1) is 22.5 Å². The summed E-state index contributed by atoms with van der Waals surface area (Å²) in [7, 11) is 0. The van der Waals surface area contributed by atoms with E-state index in [0.717, 1.165) is 5.70 Å². The summed E-state index contributed by atoms with van der Waals surface area (Å²) in [5, 5.41) is 14.6. The number of dihydropyridines is 1. The zero-order valence-corrected chi connectivity index (χ0v) is 17.5. The lowest BCUT2D eigenvalue weighted by atomic mass is 9.70. The number of hydrogen-bond donors (Lipinski definition) is 1. The van der Waals surface area contributed by atoms with E-state index in [4.69, 9.17) is 4.74 Å². The molecule has 1 aromatic rings. The van der Waals surface area contributed by atoms with Crippen molar-refractivity contribution in [1.82, 2.24) is 5.32 Å². The van der Waals surface area contributed by atoms with Gasteiger partial charge in [0, 0.05) is 34.3 Å². The van der Waals surface area contributed by atoms with Crippen molar-refractivity contribution in [2.45, 2.75) is 53.4 Å². The Labute approximate surface area is 167 Å². The first-order chi connectivity index (χ1) is 13.1. The molecule has 2 aliphatic rings. The van der Waals surface area contributed by atoms with Crippen LogP contribution in [0.5, 0.6) is 0 Å². The molecule has 1 atom stereocenters. The van der Waals surface area contributed by atoms with Crippen molar-refractivity contribution >= 4 is 28.8 Å². The van der Waals surface area contributed by atoms with E-state index in [-0.39, 0.29) is 23.5 Å². The first kappa shape index (κ1) is 20.3. The summed E-state index contributed by atoms with van der Waals surface area (Å²) in [6, 6.07) is 1.49. The van der Waals surface area contributed by atoms with Gasteiger partial charge < -0.3 is 10.1 Å². The molecule has 0 radical (unpaired) electrons. The van der Waals surface area contributed by atoms with Gasteiger partial charge in [-0.25, -0.2) is 4.79 Å². The number of ether oxygens (including phenoxy) is 1. The molecule has 0 bridgehead atoms. The Morgan fingerprint density at radius 1 is 1.39 bits per heavy atom. The lowest BCUT2D eigenvalue weighted by Crippen LogP contribution is -2.38. The topological polar surface area (TPSA) is 98.5 Å². The molecular formula is C20H24N2O5S. The average molecular weight is 404 g/mol. The number of rotatable bonds is 4. The number of nitro groups is 1. The summed E-state index contributed by atoms with van der Waals surface area (Å²) in [5.74, 6) is -1.18. The van der Waals surface area contributed by atoms with Gasteiger partial charge in [0.2, 0.25) is 0 Å². The Kier molecular flexibility index (Phi) is 5.18. The SMILES string of the molecule is CCOC(=O)C1=C(C)NC2=C(C(=O)CC(C)(C)C2)C1c1cc([N+](=O)[O-])c(C)s1. The quantitative estimate of drug-likeness (QED) is 0.460. The third-order valence-electron chi connectivity index (χ3n) is 5.13. The number of allylic oxidation sites excluding steroid dienone is 3. The van der Waals surface area contributed by atoms with Gasteiger partial charge >= 0.3 is 5.97 Å². The highest BCUT2D eigenvalue weighted by atomic mass is 32.1. The zero-order valence-electron chi connectivity index (χ0n) is 16.7. The summed E-state index contributed by atoms with van der Waals surface area (Å²) in [6.07, 6.45) is 1.04. The fraction of sp³-hybridized carbons (Fsp3) is 0.500. The first-order valence-electron chi connectivity index (χ1n) is 9.21. The van der Waals surface area contributed by atoms with Crippen molar-refractivity contribution in [2.24, 2.45) is 5.41 Å². The molecule has 1 aliphatic heterocycles. The molecule has 0 saturated carbocycles. The average Bonchev–Trinajstić information content (AvgIpc) is 2.94. The van der Waals surface area contributed by atoms with Crippen molar-refractivity contribution in [2.75, 3.05) is 6.61 Å². The number of nitrogens with zero attached hydrogens (tertiary/aromatic N) is 1. The van der Waals surface area contributed by atoms with Gasteiger partial charge in [-0.15, -0.1) is 11.3 Å². The normalized spacial score (nSPS) is 21.3. The lowest BCUT2D eigenvalue weighted by molar-refractivity contribution is -0.385. The fourth-order valence-corrected chi connectivity index (χ4v) is 5.13. The molecule has 1 unspecified atom stereocenters. The number of carbonyl (C=O) groups excluding carboxylic acids is 2. The molecule has 0 amide bonds. The van der Waals surface area contributed by atoms with Gasteiger partial charge in [0.25, 0.3) is 5.69 Å². The lowest BCUT2D eigenvalue weighted by Gasteiger charge is -2.39. The van der Waals surface area contributed by atoms with E-state index in [1.165, 1.54) is 17.4 Å². The Morgan fingerprint density at radius 3 is 2.64 bits per heavy atom. The first-order valence-corrected chi connectivity index (χ1v) is 10.0. The summed E-state index contributed by atoms with van der Waals surface area (Å²) in [5.41, 5.74) is 2.12. The molecule has 1 aliphatic carbocycles. The van der Waals surface area contributed by atoms with Crippen LogP contribution in [-0.2, 0) is 14.3 Å². The van der Waals surface area contributed by atoms with Crippen molar-refractivity contribution in [3.05, 3.63) is 48.5 Å². The van der Waals surface area contributed by atoms with Crippen LogP contribution in [-0.4, -0.2) is 23.3 Å². The van der Waals surface area contributed by atoms with Gasteiger partial charge in [0.1, 0.15) is 0 Å². The molecule has 2 heterocycles. The third kappa shape index (κ3) is 3.48. The van der Waals surface area contributed by atoms with Gasteiger partial charge in [-0.1, -0.05) is 13.8 Å². The second kappa shape index (κ2) is 7.16. The Morgan fingerprint density at radius 2 is 2.07 bits per heavy atom. The maximum Gasteiger partial charge on any atom is 0.336 e. The number of hydrogen-bond acceptors (Lipinski definition) is 7. The molecule has 1 aromatic heterocycles. The minimum Gasteiger partial charge on any atom is -0.463 e. The molecule has 0 fully saturated rings. The van der Waals surface area contributed by atoms with Crippen molar-refractivity contribution in [1.29, 1.82) is 0 Å². The monoisotopic (exact) mass is 404 g/mol. The summed E-state index contributed by atoms with van der Waals surface area (Å²) in [4.78, 5) is 37.9. The zero-order chi connectivity index (χ0) is 20.8. The summed E-state index contributed by atoms with van der Waals surface area (Å²) in [6.45, 7) is 9.45. The van der Waals surface area contributed by atoms with E-state index in [1.807, 2.05) is 13.8 Å². The Hall–Kier alpha value is -2.48. The van der Waals surface area contributed by atoms with E-state index in [1.54, 1.807) is 20.8 Å². The van der Waals surface area contributed by atoms with Gasteiger partial charge in [-0.2, -0.15) is 0 Å². The minimum absolute atomic E-state index is 0.00475. The highest BCUT2D eigenvalue weighted by Gasteiger charge is 2.44. The van der Waals surface area contributed by atoms with E-state index in [0.29, 0.717) is 39.4 Å². The highest BCUT2D eigenvalue weighted by Crippen LogP contribution is 2.49. The van der Waals surface area contributed by atoms with E-state index >= 15 is 0 Å². The Balaban J connectivity index is 2.21. The van der Waals surface area contributed by atoms with Crippen LogP contribution in [0.2, 0.25) is 0 Å². The number of carbonyl (C=O) groups is 2. The third-order valence-corrected chi connectivity index (χ3v) is 6.23. The van der Waals surface area contributed by atoms with Crippen molar-refractivity contribution < 1.29 is 19.2 Å². The second-order valence-corrected chi connectivity index (χ2v) is 9.29. The van der Waals surface area contributed by atoms with Gasteiger partial charge in [0.15, 0.2) is 5.78 Å². The van der Waals surface area contributed by atoms with Crippen molar-refractivity contribution in [3.63, 3.8) is 0 Å². The molecule has 28 heavy (non-hydrogen) atoms. The van der Waals surface area contributed by atoms with Gasteiger partial charge in [0.05, 0.1) is 27.9 Å². The molecule has 0 aromatic carbocycles. The maximum absolute atomic E-state index is 13.1. The predicted octanol–water partition coefficient (Wildman–Crippen LogP) is 4.13. The fourth-order valence-electron chi connectivity index (χ4n) is 4.02.